The highest BCUT2D eigenvalue weighted by molar-refractivity contribution is 5.28. The van der Waals surface area contributed by atoms with Gasteiger partial charge in [0.2, 0.25) is 0 Å². The summed E-state index contributed by atoms with van der Waals surface area (Å²) in [7, 11) is 0. The molecule has 0 aliphatic carbocycles. The molecule has 0 atom stereocenters. The van der Waals surface area contributed by atoms with Crippen molar-refractivity contribution in [2.24, 2.45) is 0 Å². The Morgan fingerprint density at radius 2 is 2.00 bits per heavy atom. The van der Waals surface area contributed by atoms with Crippen molar-refractivity contribution in [3.8, 4) is 0 Å². The van der Waals surface area contributed by atoms with Gasteiger partial charge in [0.05, 0.1) is 13.2 Å². The van der Waals surface area contributed by atoms with Gasteiger partial charge in [0, 0.05) is 17.7 Å². The number of aromatic nitrogens is 2. The molecule has 1 aromatic carbocycles. The molecule has 0 aliphatic heterocycles. The van der Waals surface area contributed by atoms with Crippen LogP contribution in [0.3, 0.4) is 0 Å². The molecule has 0 spiro atoms. The Hall–Kier alpha value is -2.44. The van der Waals surface area contributed by atoms with E-state index in [1.165, 1.54) is 4.57 Å². The molecule has 6 nitrogen and oxygen atoms in total. The van der Waals surface area contributed by atoms with E-state index in [4.69, 9.17) is 9.84 Å². The van der Waals surface area contributed by atoms with Gasteiger partial charge in [-0.15, -0.1) is 0 Å². The molecule has 0 radical (unpaired) electrons. The quantitative estimate of drug-likeness (QED) is 0.563. The third-order valence-corrected chi connectivity index (χ3v) is 3.64. The van der Waals surface area contributed by atoms with Crippen LogP contribution >= 0.6 is 0 Å². The van der Waals surface area contributed by atoms with E-state index in [0.717, 1.165) is 5.56 Å². The molecule has 0 amide bonds. The van der Waals surface area contributed by atoms with Crippen LogP contribution in [0.1, 0.15) is 23.7 Å². The smallest absolute Gasteiger partial charge is 0.330 e. The number of hydrogen-bond donors (Lipinski definition) is 2. The molecule has 6 heteroatoms. The van der Waals surface area contributed by atoms with Gasteiger partial charge in [-0.3, -0.25) is 14.3 Å². The van der Waals surface area contributed by atoms with E-state index in [9.17, 15) is 9.59 Å². The molecule has 0 fully saturated rings. The molecular formula is C18H22N2O4. The molecule has 1 aromatic heterocycles. The van der Waals surface area contributed by atoms with Crippen LogP contribution in [0.4, 0.5) is 0 Å². The zero-order valence-corrected chi connectivity index (χ0v) is 13.7. The Morgan fingerprint density at radius 1 is 1.25 bits per heavy atom. The predicted octanol–water partition coefficient (Wildman–Crippen LogP) is 1.21. The van der Waals surface area contributed by atoms with Gasteiger partial charge >= 0.3 is 5.69 Å². The van der Waals surface area contributed by atoms with Gasteiger partial charge < -0.3 is 9.84 Å². The number of H-pyrrole nitrogens is 1. The van der Waals surface area contributed by atoms with E-state index >= 15 is 0 Å². The van der Waals surface area contributed by atoms with Crippen molar-refractivity contribution in [3.05, 3.63) is 80.1 Å². The Kier molecular flexibility index (Phi) is 6.72. The first-order valence-corrected chi connectivity index (χ1v) is 7.86. The van der Waals surface area contributed by atoms with Gasteiger partial charge in [0.1, 0.15) is 6.73 Å². The highest BCUT2D eigenvalue weighted by atomic mass is 16.5. The van der Waals surface area contributed by atoms with Crippen molar-refractivity contribution in [3.63, 3.8) is 0 Å². The molecular weight excluding hydrogens is 308 g/mol. The second kappa shape index (κ2) is 9.00. The monoisotopic (exact) mass is 330 g/mol. The first-order chi connectivity index (χ1) is 11.7. The first kappa shape index (κ1) is 17.9. The zero-order valence-electron chi connectivity index (χ0n) is 13.7. The summed E-state index contributed by atoms with van der Waals surface area (Å²) in [6.45, 7) is 1.87. The fourth-order valence-corrected chi connectivity index (χ4v) is 2.45. The summed E-state index contributed by atoms with van der Waals surface area (Å²) in [5.41, 5.74) is 1.30. The maximum Gasteiger partial charge on any atom is 0.330 e. The second-order valence-corrected chi connectivity index (χ2v) is 5.31. The van der Waals surface area contributed by atoms with Crippen LogP contribution in [-0.2, 0) is 24.3 Å². The summed E-state index contributed by atoms with van der Waals surface area (Å²) >= 11 is 0. The van der Waals surface area contributed by atoms with Crippen LogP contribution < -0.4 is 11.2 Å². The molecule has 0 unspecified atom stereocenters. The fourth-order valence-electron chi connectivity index (χ4n) is 2.45. The lowest BCUT2D eigenvalue weighted by Gasteiger charge is -2.16. The van der Waals surface area contributed by atoms with Crippen molar-refractivity contribution in [1.29, 1.82) is 0 Å². The average molecular weight is 330 g/mol. The largest absolute Gasteiger partial charge is 0.394 e. The number of aromatic amines is 1. The number of rotatable bonds is 8. The summed E-state index contributed by atoms with van der Waals surface area (Å²) in [5, 5.41) is 8.85. The molecule has 24 heavy (non-hydrogen) atoms. The average Bonchev–Trinajstić information content (AvgIpc) is 2.58. The number of nitrogens with one attached hydrogen (secondary N) is 1. The molecule has 128 valence electrons. The minimum Gasteiger partial charge on any atom is -0.394 e. The molecule has 0 saturated heterocycles. The van der Waals surface area contributed by atoms with Gasteiger partial charge in [0.25, 0.3) is 5.56 Å². The number of aliphatic hydroxyl groups is 1. The number of allylic oxidation sites excluding steroid dienone is 2. The predicted molar refractivity (Wildman–Crippen MR) is 92.1 cm³/mol. The normalized spacial score (nSPS) is 11.2. The fraction of sp³-hybridized carbons (Fsp3) is 0.333. The van der Waals surface area contributed by atoms with E-state index in [1.807, 2.05) is 49.4 Å². The molecule has 1 heterocycles. The van der Waals surface area contributed by atoms with Crippen molar-refractivity contribution in [2.75, 3.05) is 13.2 Å². The van der Waals surface area contributed by atoms with Gasteiger partial charge in [-0.25, -0.2) is 4.79 Å². The van der Waals surface area contributed by atoms with Crippen molar-refractivity contribution < 1.29 is 9.84 Å². The van der Waals surface area contributed by atoms with Crippen LogP contribution in [0, 0.1) is 0 Å². The Bertz CT molecular complexity index is 791. The zero-order chi connectivity index (χ0) is 17.4. The number of ether oxygens (including phenoxy) is 1. The minimum atomic E-state index is -0.506. The number of hydrogen-bond acceptors (Lipinski definition) is 4. The van der Waals surface area contributed by atoms with Crippen LogP contribution in [0.5, 0.6) is 0 Å². The molecule has 2 N–H and O–H groups in total. The first-order valence-electron chi connectivity index (χ1n) is 7.86. The van der Waals surface area contributed by atoms with Gasteiger partial charge in [-0.1, -0.05) is 42.5 Å². The third-order valence-electron chi connectivity index (χ3n) is 3.64. The maximum absolute atomic E-state index is 12.3. The summed E-state index contributed by atoms with van der Waals surface area (Å²) in [6.07, 6.45) is 4.63. The van der Waals surface area contributed by atoms with Crippen LogP contribution in [-0.4, -0.2) is 27.9 Å². The lowest BCUT2D eigenvalue weighted by atomic mass is 10.0. The van der Waals surface area contributed by atoms with Crippen LogP contribution in [0.15, 0.2) is 52.1 Å². The summed E-state index contributed by atoms with van der Waals surface area (Å²) in [4.78, 5) is 26.8. The highest BCUT2D eigenvalue weighted by Gasteiger charge is 2.14. The minimum absolute atomic E-state index is 0.0127. The summed E-state index contributed by atoms with van der Waals surface area (Å²) in [6, 6.07) is 9.64. The van der Waals surface area contributed by atoms with E-state index in [2.05, 4.69) is 4.98 Å². The van der Waals surface area contributed by atoms with Crippen molar-refractivity contribution in [1.82, 2.24) is 9.55 Å². The van der Waals surface area contributed by atoms with Crippen LogP contribution in [0.2, 0.25) is 0 Å². The topological polar surface area (TPSA) is 84.3 Å². The molecule has 0 bridgehead atoms. The Balaban J connectivity index is 2.50. The van der Waals surface area contributed by atoms with Gasteiger partial charge in [0.15, 0.2) is 0 Å². The van der Waals surface area contributed by atoms with Crippen molar-refractivity contribution in [2.45, 2.75) is 26.5 Å². The number of benzene rings is 1. The lowest BCUT2D eigenvalue weighted by molar-refractivity contribution is 0.0442. The maximum atomic E-state index is 12.3. The van der Waals surface area contributed by atoms with E-state index < -0.39 is 5.69 Å². The lowest BCUT2D eigenvalue weighted by Crippen LogP contribution is -2.36. The third kappa shape index (κ3) is 4.53. The summed E-state index contributed by atoms with van der Waals surface area (Å²) in [5.74, 6) is 0. The Morgan fingerprint density at radius 3 is 2.67 bits per heavy atom. The van der Waals surface area contributed by atoms with Crippen LogP contribution in [0.25, 0.3) is 0 Å². The number of nitrogens with zero attached hydrogens (tertiary/aromatic N) is 1. The summed E-state index contributed by atoms with van der Waals surface area (Å²) < 4.78 is 6.72. The number of aliphatic hydroxyl groups excluding tert-OH is 1. The Labute approximate surface area is 140 Å². The van der Waals surface area contributed by atoms with E-state index in [-0.39, 0.29) is 25.5 Å². The van der Waals surface area contributed by atoms with Gasteiger partial charge in [-0.2, -0.15) is 0 Å². The highest BCUT2D eigenvalue weighted by Crippen LogP contribution is 2.12. The molecule has 2 rings (SSSR count). The van der Waals surface area contributed by atoms with E-state index in [1.54, 1.807) is 0 Å². The second-order valence-electron chi connectivity index (χ2n) is 5.31. The molecule has 2 aromatic rings. The van der Waals surface area contributed by atoms with Gasteiger partial charge in [-0.05, 0) is 18.9 Å². The van der Waals surface area contributed by atoms with E-state index in [0.29, 0.717) is 24.1 Å². The molecule has 0 aliphatic rings. The molecule has 0 saturated carbocycles. The van der Waals surface area contributed by atoms with Crippen molar-refractivity contribution >= 4 is 0 Å². The standard InChI is InChI=1S/C18H22N2O4/c1-2-3-9-15-16(12-14-7-5-4-6-8-14)20(13-24-11-10-21)18(23)19-17(15)22/h2-8,21H,9-13H2,1H3,(H,19,22,23)/b3-2+. The SMILES string of the molecule is C/C=C/Cc1c(Cc2ccccc2)n(COCCO)c(=O)[nH]c1=O.